The maximum atomic E-state index is 11.8. The molecule has 7 heteroatoms. The van der Waals surface area contributed by atoms with E-state index in [1.807, 2.05) is 6.07 Å². The van der Waals surface area contributed by atoms with Crippen molar-refractivity contribution < 1.29 is 4.79 Å². The Kier molecular flexibility index (Phi) is 12.7. The lowest BCUT2D eigenvalue weighted by molar-refractivity contribution is -0.121. The Morgan fingerprint density at radius 2 is 1.71 bits per heavy atom. The van der Waals surface area contributed by atoms with Crippen LogP contribution in [0.25, 0.3) is 0 Å². The SMILES string of the molecule is Cl.Cl.NCCCCNC(=O)CCN1CCN(c2ccccc2)CC1. The third kappa shape index (κ3) is 8.20. The molecule has 1 heterocycles. The molecule has 1 amide bonds. The van der Waals surface area contributed by atoms with E-state index in [1.54, 1.807) is 0 Å². The van der Waals surface area contributed by atoms with Crippen molar-refractivity contribution >= 4 is 36.4 Å². The highest BCUT2D eigenvalue weighted by Crippen LogP contribution is 2.15. The zero-order valence-electron chi connectivity index (χ0n) is 14.2. The van der Waals surface area contributed by atoms with Gasteiger partial charge in [-0.3, -0.25) is 9.69 Å². The Balaban J connectivity index is 0.00000264. The number of halogens is 2. The summed E-state index contributed by atoms with van der Waals surface area (Å²) in [4.78, 5) is 16.5. The minimum Gasteiger partial charge on any atom is -0.369 e. The average molecular weight is 377 g/mol. The molecule has 0 spiro atoms. The zero-order chi connectivity index (χ0) is 15.6. The fraction of sp³-hybridized carbons (Fsp3) is 0.588. The fourth-order valence-corrected chi connectivity index (χ4v) is 2.71. The Morgan fingerprint density at radius 1 is 1.04 bits per heavy atom. The number of nitrogens with one attached hydrogen (secondary N) is 1. The van der Waals surface area contributed by atoms with E-state index in [9.17, 15) is 4.79 Å². The zero-order valence-corrected chi connectivity index (χ0v) is 15.8. The van der Waals surface area contributed by atoms with Crippen molar-refractivity contribution in [1.29, 1.82) is 0 Å². The van der Waals surface area contributed by atoms with E-state index in [1.165, 1.54) is 5.69 Å². The molecule has 1 saturated heterocycles. The largest absolute Gasteiger partial charge is 0.369 e. The number of hydrogen-bond donors (Lipinski definition) is 2. The van der Waals surface area contributed by atoms with Gasteiger partial charge in [0.15, 0.2) is 0 Å². The minimum atomic E-state index is 0. The van der Waals surface area contributed by atoms with Gasteiger partial charge in [-0.15, -0.1) is 24.8 Å². The Bertz CT molecular complexity index is 439. The van der Waals surface area contributed by atoms with Gasteiger partial charge in [0.05, 0.1) is 0 Å². The molecule has 138 valence electrons. The smallest absolute Gasteiger partial charge is 0.221 e. The molecule has 1 aliphatic heterocycles. The number of para-hydroxylation sites is 1. The molecule has 0 bridgehead atoms. The summed E-state index contributed by atoms with van der Waals surface area (Å²) in [7, 11) is 0. The van der Waals surface area contributed by atoms with Crippen LogP contribution >= 0.6 is 24.8 Å². The summed E-state index contributed by atoms with van der Waals surface area (Å²) < 4.78 is 0. The van der Waals surface area contributed by atoms with Crippen LogP contribution in [-0.2, 0) is 4.79 Å². The monoisotopic (exact) mass is 376 g/mol. The van der Waals surface area contributed by atoms with E-state index in [4.69, 9.17) is 5.73 Å². The van der Waals surface area contributed by atoms with Crippen LogP contribution < -0.4 is 16.0 Å². The third-order valence-corrected chi connectivity index (χ3v) is 4.10. The molecular formula is C17H30Cl2N4O. The van der Waals surface area contributed by atoms with Gasteiger partial charge < -0.3 is 16.0 Å². The van der Waals surface area contributed by atoms with E-state index in [0.717, 1.165) is 52.1 Å². The quantitative estimate of drug-likeness (QED) is 0.680. The summed E-state index contributed by atoms with van der Waals surface area (Å²) >= 11 is 0. The minimum absolute atomic E-state index is 0. The molecule has 0 unspecified atom stereocenters. The second-order valence-corrected chi connectivity index (χ2v) is 5.76. The maximum absolute atomic E-state index is 11.8. The predicted octanol–water partition coefficient (Wildman–Crippen LogP) is 1.90. The molecular weight excluding hydrogens is 347 g/mol. The third-order valence-electron chi connectivity index (χ3n) is 4.10. The lowest BCUT2D eigenvalue weighted by atomic mass is 10.2. The molecule has 0 aromatic heterocycles. The number of anilines is 1. The van der Waals surface area contributed by atoms with Gasteiger partial charge in [-0.2, -0.15) is 0 Å². The van der Waals surface area contributed by atoms with Gasteiger partial charge in [0.25, 0.3) is 0 Å². The lowest BCUT2D eigenvalue weighted by Gasteiger charge is -2.36. The highest BCUT2D eigenvalue weighted by atomic mass is 35.5. The van der Waals surface area contributed by atoms with Crippen LogP contribution in [0, 0.1) is 0 Å². The lowest BCUT2D eigenvalue weighted by Crippen LogP contribution is -2.47. The molecule has 3 N–H and O–H groups in total. The summed E-state index contributed by atoms with van der Waals surface area (Å²) in [6.45, 7) is 6.40. The molecule has 0 atom stereocenters. The first-order chi connectivity index (χ1) is 10.8. The first kappa shape index (κ1) is 23.0. The van der Waals surface area contributed by atoms with Crippen molar-refractivity contribution in [2.24, 2.45) is 5.73 Å². The standard InChI is InChI=1S/C17H28N4O.2ClH/c18-9-4-5-10-19-17(22)8-11-20-12-14-21(15-13-20)16-6-2-1-3-7-16;;/h1-3,6-7H,4-5,8-15,18H2,(H,19,22);2*1H. The number of carbonyl (C=O) groups is 1. The average Bonchev–Trinajstić information content (AvgIpc) is 2.58. The number of rotatable bonds is 8. The first-order valence-electron chi connectivity index (χ1n) is 8.28. The van der Waals surface area contributed by atoms with Crippen LogP contribution in [0.2, 0.25) is 0 Å². The van der Waals surface area contributed by atoms with Crippen molar-refractivity contribution in [3.63, 3.8) is 0 Å². The number of unbranched alkanes of at least 4 members (excludes halogenated alkanes) is 1. The van der Waals surface area contributed by atoms with Crippen LogP contribution in [-0.4, -0.2) is 56.6 Å². The Labute approximate surface area is 157 Å². The number of piperazine rings is 1. The normalized spacial score (nSPS) is 14.5. The summed E-state index contributed by atoms with van der Waals surface area (Å²) in [5.41, 5.74) is 6.72. The van der Waals surface area contributed by atoms with Gasteiger partial charge >= 0.3 is 0 Å². The van der Waals surface area contributed by atoms with Crippen LogP contribution in [0.1, 0.15) is 19.3 Å². The van der Waals surface area contributed by atoms with Gasteiger partial charge in [-0.1, -0.05) is 18.2 Å². The Morgan fingerprint density at radius 3 is 2.33 bits per heavy atom. The van der Waals surface area contributed by atoms with Crippen molar-refractivity contribution in [3.05, 3.63) is 30.3 Å². The van der Waals surface area contributed by atoms with E-state index in [2.05, 4.69) is 39.4 Å². The van der Waals surface area contributed by atoms with Crippen LogP contribution in [0.3, 0.4) is 0 Å². The molecule has 0 radical (unpaired) electrons. The predicted molar refractivity (Wildman–Crippen MR) is 106 cm³/mol. The molecule has 0 saturated carbocycles. The second-order valence-electron chi connectivity index (χ2n) is 5.76. The van der Waals surface area contributed by atoms with Crippen molar-refractivity contribution in [3.8, 4) is 0 Å². The number of amides is 1. The van der Waals surface area contributed by atoms with Crippen molar-refractivity contribution in [2.75, 3.05) is 50.7 Å². The highest BCUT2D eigenvalue weighted by molar-refractivity contribution is 5.85. The van der Waals surface area contributed by atoms with E-state index >= 15 is 0 Å². The molecule has 2 rings (SSSR count). The topological polar surface area (TPSA) is 61.6 Å². The van der Waals surface area contributed by atoms with Gasteiger partial charge in [-0.25, -0.2) is 0 Å². The number of hydrogen-bond acceptors (Lipinski definition) is 4. The van der Waals surface area contributed by atoms with Gasteiger partial charge in [0.2, 0.25) is 5.91 Å². The molecule has 1 fully saturated rings. The summed E-state index contributed by atoms with van der Waals surface area (Å²) in [6, 6.07) is 10.5. The Hall–Kier alpha value is -1.01. The van der Waals surface area contributed by atoms with Crippen LogP contribution in [0.15, 0.2) is 30.3 Å². The number of benzene rings is 1. The molecule has 5 nitrogen and oxygen atoms in total. The fourth-order valence-electron chi connectivity index (χ4n) is 2.71. The van der Waals surface area contributed by atoms with Crippen LogP contribution in [0.4, 0.5) is 5.69 Å². The number of carbonyl (C=O) groups excluding carboxylic acids is 1. The summed E-state index contributed by atoms with van der Waals surface area (Å²) in [6.07, 6.45) is 2.54. The molecule has 0 aliphatic carbocycles. The second kappa shape index (κ2) is 13.3. The molecule has 24 heavy (non-hydrogen) atoms. The first-order valence-corrected chi connectivity index (χ1v) is 8.28. The van der Waals surface area contributed by atoms with Crippen LogP contribution in [0.5, 0.6) is 0 Å². The van der Waals surface area contributed by atoms with Gasteiger partial charge in [-0.05, 0) is 31.5 Å². The summed E-state index contributed by atoms with van der Waals surface area (Å²) in [5, 5.41) is 2.96. The highest BCUT2D eigenvalue weighted by Gasteiger charge is 2.17. The van der Waals surface area contributed by atoms with Gasteiger partial charge in [0.1, 0.15) is 0 Å². The molecule has 1 aromatic carbocycles. The molecule has 1 aliphatic rings. The molecule has 1 aromatic rings. The number of nitrogens with zero attached hydrogens (tertiary/aromatic N) is 2. The van der Waals surface area contributed by atoms with Gasteiger partial charge in [0, 0.05) is 51.4 Å². The van der Waals surface area contributed by atoms with Crippen molar-refractivity contribution in [1.82, 2.24) is 10.2 Å². The van der Waals surface area contributed by atoms with E-state index in [-0.39, 0.29) is 30.7 Å². The number of nitrogens with two attached hydrogens (primary N) is 1. The van der Waals surface area contributed by atoms with Crippen molar-refractivity contribution in [2.45, 2.75) is 19.3 Å². The van der Waals surface area contributed by atoms with E-state index < -0.39 is 0 Å². The van der Waals surface area contributed by atoms with E-state index in [0.29, 0.717) is 13.0 Å². The maximum Gasteiger partial charge on any atom is 0.221 e. The summed E-state index contributed by atoms with van der Waals surface area (Å²) in [5.74, 6) is 0.155.